The molecule has 3 heterocycles. The van der Waals surface area contributed by atoms with Gasteiger partial charge in [-0.05, 0) is 54.5 Å². The molecule has 1 N–H and O–H groups in total. The molecule has 0 saturated carbocycles. The van der Waals surface area contributed by atoms with Crippen molar-refractivity contribution in [3.8, 4) is 6.07 Å². The Morgan fingerprint density at radius 2 is 2.06 bits per heavy atom. The summed E-state index contributed by atoms with van der Waals surface area (Å²) in [6.07, 6.45) is 4.44. The van der Waals surface area contributed by atoms with E-state index in [9.17, 15) is 18.4 Å². The van der Waals surface area contributed by atoms with E-state index < -0.39 is 43.3 Å². The number of rotatable bonds is 5. The molecule has 1 unspecified atom stereocenters. The molecule has 2 amide bonds. The summed E-state index contributed by atoms with van der Waals surface area (Å²) >= 11 is 0. The van der Waals surface area contributed by atoms with Crippen LogP contribution in [0.3, 0.4) is 0 Å². The number of nitrogens with zero attached hydrogens (tertiary/aromatic N) is 4. The van der Waals surface area contributed by atoms with Gasteiger partial charge in [0.2, 0.25) is 5.91 Å². The highest BCUT2D eigenvalue weighted by atomic mass is 19.3. The van der Waals surface area contributed by atoms with Gasteiger partial charge in [0.1, 0.15) is 6.04 Å². The lowest BCUT2D eigenvalue weighted by Gasteiger charge is -2.19. The van der Waals surface area contributed by atoms with E-state index >= 15 is 0 Å². The number of allylic oxidation sites excluding steroid dienone is 1. The van der Waals surface area contributed by atoms with Gasteiger partial charge in [-0.25, -0.2) is 8.78 Å². The van der Waals surface area contributed by atoms with Gasteiger partial charge in [-0.15, -0.1) is 0 Å². The van der Waals surface area contributed by atoms with Crippen molar-refractivity contribution in [2.75, 3.05) is 13.1 Å². The summed E-state index contributed by atoms with van der Waals surface area (Å²) in [6.45, 7) is 0.615. The third-order valence-electron chi connectivity index (χ3n) is 5.60. The highest BCUT2D eigenvalue weighted by molar-refractivity contribution is 6.07. The minimum atomic E-state index is -3.11. The first-order chi connectivity index (χ1) is 16.3. The van der Waals surface area contributed by atoms with Gasteiger partial charge in [0, 0.05) is 24.2 Å². The molecule has 0 radical (unpaired) electrons. The van der Waals surface area contributed by atoms with Crippen LogP contribution in [0.2, 0.25) is 0 Å². The normalized spacial score (nSPS) is 17.4. The molecular formula is C25H21F2N5O2. The van der Waals surface area contributed by atoms with Crippen LogP contribution in [0.1, 0.15) is 35.0 Å². The average Bonchev–Trinajstić information content (AvgIpc) is 3.17. The third-order valence-corrected chi connectivity index (χ3v) is 5.60. The van der Waals surface area contributed by atoms with Crippen molar-refractivity contribution in [2.24, 2.45) is 0 Å². The zero-order valence-corrected chi connectivity index (χ0v) is 18.3. The van der Waals surface area contributed by atoms with Crippen molar-refractivity contribution in [3.63, 3.8) is 0 Å². The quantitative estimate of drug-likeness (QED) is 0.625. The van der Waals surface area contributed by atoms with Crippen molar-refractivity contribution in [3.05, 3.63) is 71.7 Å². The lowest BCUT2D eigenvalue weighted by molar-refractivity contribution is -0.131. The second kappa shape index (κ2) is 9.35. The van der Waals surface area contributed by atoms with Gasteiger partial charge in [-0.2, -0.15) is 5.26 Å². The highest BCUT2D eigenvalue weighted by Crippen LogP contribution is 2.31. The van der Waals surface area contributed by atoms with Crippen molar-refractivity contribution in [2.45, 2.75) is 25.3 Å². The summed E-state index contributed by atoms with van der Waals surface area (Å²) in [7, 11) is 0. The standard InChI is InChI=1S/C25H21F2N5O2/c1-16(21-4-2-3-8-29-21)10-17-5-6-22-20(11-17)19(7-9-30-22)24(34)31-14-23(33)32-15-25(26,27)12-18(32)13-28/h2-11,18H,12,14-15H2,1H3,(H,31,34)/b16-10+. The summed E-state index contributed by atoms with van der Waals surface area (Å²) in [5, 5.41) is 12.1. The van der Waals surface area contributed by atoms with Crippen LogP contribution < -0.4 is 5.32 Å². The second-order valence-corrected chi connectivity index (χ2v) is 8.09. The smallest absolute Gasteiger partial charge is 0.268 e. The number of amides is 2. The van der Waals surface area contributed by atoms with E-state index in [2.05, 4.69) is 15.3 Å². The zero-order valence-electron chi connectivity index (χ0n) is 18.3. The Morgan fingerprint density at radius 1 is 1.24 bits per heavy atom. The molecule has 1 atom stereocenters. The first kappa shape index (κ1) is 23.0. The first-order valence-electron chi connectivity index (χ1n) is 10.6. The number of nitrogens with one attached hydrogen (secondary N) is 1. The van der Waals surface area contributed by atoms with Crippen LogP contribution in [-0.4, -0.2) is 51.7 Å². The Morgan fingerprint density at radius 3 is 2.79 bits per heavy atom. The SMILES string of the molecule is C/C(=C\c1ccc2nccc(C(=O)NCC(=O)N3CC(F)(F)CC3C#N)c2c1)c1ccccn1. The molecule has 1 aromatic carbocycles. The van der Waals surface area contributed by atoms with E-state index in [0.29, 0.717) is 16.5 Å². The molecule has 1 saturated heterocycles. The molecule has 0 aliphatic carbocycles. The van der Waals surface area contributed by atoms with Crippen LogP contribution in [0.25, 0.3) is 22.6 Å². The predicted molar refractivity (Wildman–Crippen MR) is 123 cm³/mol. The summed E-state index contributed by atoms with van der Waals surface area (Å²) in [5.41, 5.74) is 3.50. The molecule has 1 aliphatic heterocycles. The third kappa shape index (κ3) is 4.91. The van der Waals surface area contributed by atoms with Gasteiger partial charge in [-0.3, -0.25) is 19.6 Å². The summed E-state index contributed by atoms with van der Waals surface area (Å²) in [4.78, 5) is 34.7. The minimum Gasteiger partial charge on any atom is -0.343 e. The number of aromatic nitrogens is 2. The van der Waals surface area contributed by atoms with E-state index in [1.54, 1.807) is 18.3 Å². The monoisotopic (exact) mass is 461 g/mol. The van der Waals surface area contributed by atoms with Crippen molar-refractivity contribution >= 4 is 34.4 Å². The lowest BCUT2D eigenvalue weighted by Crippen LogP contribution is -2.43. The largest absolute Gasteiger partial charge is 0.343 e. The number of carbonyl (C=O) groups is 2. The number of hydrogen-bond donors (Lipinski definition) is 1. The minimum absolute atomic E-state index is 0.298. The number of halogens is 2. The summed E-state index contributed by atoms with van der Waals surface area (Å²) < 4.78 is 27.2. The number of likely N-dealkylation sites (tertiary alicyclic amines) is 1. The Hall–Kier alpha value is -4.19. The molecule has 1 aliphatic rings. The molecular weight excluding hydrogens is 440 g/mol. The van der Waals surface area contributed by atoms with E-state index in [4.69, 9.17) is 5.26 Å². The van der Waals surface area contributed by atoms with Crippen molar-refractivity contribution in [1.29, 1.82) is 5.26 Å². The Labute approximate surface area is 194 Å². The molecule has 0 bridgehead atoms. The van der Waals surface area contributed by atoms with Crippen LogP contribution in [-0.2, 0) is 4.79 Å². The number of hydrogen-bond acceptors (Lipinski definition) is 5. The van der Waals surface area contributed by atoms with Gasteiger partial charge in [-0.1, -0.05) is 12.1 Å². The van der Waals surface area contributed by atoms with Crippen LogP contribution >= 0.6 is 0 Å². The molecule has 34 heavy (non-hydrogen) atoms. The van der Waals surface area contributed by atoms with E-state index in [1.807, 2.05) is 43.3 Å². The van der Waals surface area contributed by atoms with Crippen LogP contribution in [0, 0.1) is 11.3 Å². The number of carbonyl (C=O) groups excluding carboxylic acids is 2. The fourth-order valence-electron chi connectivity index (χ4n) is 3.92. The van der Waals surface area contributed by atoms with Crippen LogP contribution in [0.5, 0.6) is 0 Å². The van der Waals surface area contributed by atoms with Gasteiger partial charge in [0.15, 0.2) is 0 Å². The average molecular weight is 461 g/mol. The summed E-state index contributed by atoms with van der Waals surface area (Å²) in [6, 6.07) is 13.2. The Kier molecular flexibility index (Phi) is 6.32. The van der Waals surface area contributed by atoms with E-state index in [-0.39, 0.29) is 0 Å². The predicted octanol–water partition coefficient (Wildman–Crippen LogP) is 3.68. The fourth-order valence-corrected chi connectivity index (χ4v) is 3.92. The van der Waals surface area contributed by atoms with E-state index in [1.165, 1.54) is 12.3 Å². The second-order valence-electron chi connectivity index (χ2n) is 8.09. The molecule has 3 aromatic rings. The number of fused-ring (bicyclic) bond motifs is 1. The first-order valence-corrected chi connectivity index (χ1v) is 10.6. The van der Waals surface area contributed by atoms with Gasteiger partial charge in [0.25, 0.3) is 11.8 Å². The number of benzene rings is 1. The Balaban J connectivity index is 1.53. The molecule has 0 spiro atoms. The van der Waals surface area contributed by atoms with Crippen LogP contribution in [0.15, 0.2) is 54.9 Å². The van der Waals surface area contributed by atoms with Gasteiger partial charge >= 0.3 is 0 Å². The Bertz CT molecular complexity index is 1320. The summed E-state index contributed by atoms with van der Waals surface area (Å²) in [5.74, 6) is -4.38. The molecule has 172 valence electrons. The number of nitriles is 1. The maximum atomic E-state index is 13.6. The fraction of sp³-hybridized carbons (Fsp3) is 0.240. The molecule has 4 rings (SSSR count). The molecule has 7 nitrogen and oxygen atoms in total. The van der Waals surface area contributed by atoms with E-state index in [0.717, 1.165) is 21.7 Å². The van der Waals surface area contributed by atoms with Crippen molar-refractivity contribution < 1.29 is 18.4 Å². The molecule has 2 aromatic heterocycles. The number of alkyl halides is 2. The number of pyridine rings is 2. The highest BCUT2D eigenvalue weighted by Gasteiger charge is 2.47. The molecule has 1 fully saturated rings. The van der Waals surface area contributed by atoms with Gasteiger partial charge < -0.3 is 10.2 Å². The van der Waals surface area contributed by atoms with Crippen LogP contribution in [0.4, 0.5) is 8.78 Å². The van der Waals surface area contributed by atoms with Gasteiger partial charge in [0.05, 0.1) is 35.9 Å². The maximum Gasteiger partial charge on any atom is 0.268 e. The lowest BCUT2D eigenvalue weighted by atomic mass is 10.0. The molecule has 9 heteroatoms. The topological polar surface area (TPSA) is 99.0 Å². The van der Waals surface area contributed by atoms with Crippen molar-refractivity contribution in [1.82, 2.24) is 20.2 Å². The zero-order chi connectivity index (χ0) is 24.3. The maximum absolute atomic E-state index is 13.6.